The standard InChI is InChI=1S/C23H24FN3O4/c1-15-17(23(30)26-9-11-31-12-10-26)5-4-7-19(15)25-22(29)16-13-21(28)27(14-16)20-8-3-2-6-18(20)24/h2-8,16H,9-14H2,1H3,(H,25,29). The van der Waals surface area contributed by atoms with Gasteiger partial charge in [-0.3, -0.25) is 14.4 Å². The van der Waals surface area contributed by atoms with Crippen molar-refractivity contribution < 1.29 is 23.5 Å². The zero-order valence-corrected chi connectivity index (χ0v) is 17.3. The lowest BCUT2D eigenvalue weighted by Gasteiger charge is -2.27. The molecule has 2 aliphatic rings. The van der Waals surface area contributed by atoms with Gasteiger partial charge in [-0.2, -0.15) is 0 Å². The molecule has 2 heterocycles. The summed E-state index contributed by atoms with van der Waals surface area (Å²) in [6.45, 7) is 3.98. The highest BCUT2D eigenvalue weighted by molar-refractivity contribution is 6.04. The van der Waals surface area contributed by atoms with Crippen molar-refractivity contribution in [2.24, 2.45) is 5.92 Å². The van der Waals surface area contributed by atoms with Crippen molar-refractivity contribution in [2.45, 2.75) is 13.3 Å². The number of nitrogens with one attached hydrogen (secondary N) is 1. The van der Waals surface area contributed by atoms with Crippen molar-refractivity contribution in [3.63, 3.8) is 0 Å². The van der Waals surface area contributed by atoms with E-state index in [1.54, 1.807) is 42.2 Å². The van der Waals surface area contributed by atoms with Gasteiger partial charge in [-0.25, -0.2) is 4.39 Å². The molecule has 0 spiro atoms. The van der Waals surface area contributed by atoms with E-state index in [-0.39, 0.29) is 36.4 Å². The van der Waals surface area contributed by atoms with Gasteiger partial charge in [-0.05, 0) is 36.8 Å². The van der Waals surface area contributed by atoms with Crippen molar-refractivity contribution in [3.05, 3.63) is 59.4 Å². The van der Waals surface area contributed by atoms with Crippen LogP contribution in [0.4, 0.5) is 15.8 Å². The monoisotopic (exact) mass is 425 g/mol. The van der Waals surface area contributed by atoms with Gasteiger partial charge in [-0.15, -0.1) is 0 Å². The Morgan fingerprint density at radius 1 is 1.10 bits per heavy atom. The van der Waals surface area contributed by atoms with Gasteiger partial charge in [0.2, 0.25) is 11.8 Å². The number of amides is 3. The minimum atomic E-state index is -0.606. The summed E-state index contributed by atoms with van der Waals surface area (Å²) in [6.07, 6.45) is 0.00557. The van der Waals surface area contributed by atoms with E-state index in [1.165, 1.54) is 17.0 Å². The smallest absolute Gasteiger partial charge is 0.254 e. The fourth-order valence-corrected chi connectivity index (χ4v) is 3.96. The van der Waals surface area contributed by atoms with E-state index in [1.807, 2.05) is 0 Å². The first-order valence-electron chi connectivity index (χ1n) is 10.3. The van der Waals surface area contributed by atoms with Crippen molar-refractivity contribution in [1.82, 2.24) is 4.90 Å². The summed E-state index contributed by atoms with van der Waals surface area (Å²) in [5, 5.41) is 2.85. The maximum absolute atomic E-state index is 14.1. The third-order valence-electron chi connectivity index (χ3n) is 5.76. The van der Waals surface area contributed by atoms with Crippen LogP contribution in [0.2, 0.25) is 0 Å². The molecule has 8 heteroatoms. The van der Waals surface area contributed by atoms with Gasteiger partial charge in [-0.1, -0.05) is 18.2 Å². The van der Waals surface area contributed by atoms with Crippen LogP contribution in [0, 0.1) is 18.7 Å². The van der Waals surface area contributed by atoms with Crippen molar-refractivity contribution in [2.75, 3.05) is 43.1 Å². The molecule has 1 N–H and O–H groups in total. The van der Waals surface area contributed by atoms with E-state index >= 15 is 0 Å². The van der Waals surface area contributed by atoms with Crippen LogP contribution >= 0.6 is 0 Å². The third kappa shape index (κ3) is 4.29. The van der Waals surface area contributed by atoms with Gasteiger partial charge >= 0.3 is 0 Å². The molecule has 0 aromatic heterocycles. The van der Waals surface area contributed by atoms with Gasteiger partial charge in [0.1, 0.15) is 5.82 Å². The molecule has 2 saturated heterocycles. The molecule has 162 valence electrons. The number of carbonyl (C=O) groups is 3. The average Bonchev–Trinajstić information content (AvgIpc) is 3.17. The molecular weight excluding hydrogens is 401 g/mol. The van der Waals surface area contributed by atoms with Gasteiger partial charge in [0.15, 0.2) is 0 Å². The first-order chi connectivity index (χ1) is 15.0. The minimum Gasteiger partial charge on any atom is -0.378 e. The SMILES string of the molecule is Cc1c(NC(=O)C2CC(=O)N(c3ccccc3F)C2)cccc1C(=O)N1CCOCC1. The fourth-order valence-electron chi connectivity index (χ4n) is 3.96. The molecule has 2 aliphatic heterocycles. The Morgan fingerprint density at radius 3 is 2.58 bits per heavy atom. The largest absolute Gasteiger partial charge is 0.378 e. The summed E-state index contributed by atoms with van der Waals surface area (Å²) in [4.78, 5) is 41.2. The molecule has 31 heavy (non-hydrogen) atoms. The van der Waals surface area contributed by atoms with E-state index < -0.39 is 11.7 Å². The van der Waals surface area contributed by atoms with E-state index in [0.29, 0.717) is 43.1 Å². The second kappa shape index (κ2) is 8.85. The fraction of sp³-hybridized carbons (Fsp3) is 0.348. The first kappa shape index (κ1) is 21.0. The normalized spacial score (nSPS) is 18.9. The van der Waals surface area contributed by atoms with Crippen LogP contribution in [-0.4, -0.2) is 55.5 Å². The van der Waals surface area contributed by atoms with Crippen LogP contribution in [0.25, 0.3) is 0 Å². The Hall–Kier alpha value is -3.26. The maximum Gasteiger partial charge on any atom is 0.254 e. The molecule has 2 aromatic rings. The Kier molecular flexibility index (Phi) is 5.99. The van der Waals surface area contributed by atoms with Crippen LogP contribution in [-0.2, 0) is 14.3 Å². The second-order valence-electron chi connectivity index (χ2n) is 7.73. The maximum atomic E-state index is 14.1. The number of morpholine rings is 1. The molecule has 0 radical (unpaired) electrons. The first-order valence-corrected chi connectivity index (χ1v) is 10.3. The van der Waals surface area contributed by atoms with Crippen LogP contribution in [0.15, 0.2) is 42.5 Å². The number of hydrogen-bond donors (Lipinski definition) is 1. The van der Waals surface area contributed by atoms with Crippen molar-refractivity contribution in [1.29, 1.82) is 0 Å². The number of nitrogens with zero attached hydrogens (tertiary/aromatic N) is 2. The Morgan fingerprint density at radius 2 is 1.84 bits per heavy atom. The van der Waals surface area contributed by atoms with Crippen LogP contribution in [0.5, 0.6) is 0 Å². The number of carbonyl (C=O) groups excluding carboxylic acids is 3. The highest BCUT2D eigenvalue weighted by atomic mass is 19.1. The van der Waals surface area contributed by atoms with Crippen LogP contribution < -0.4 is 10.2 Å². The molecule has 2 fully saturated rings. The summed E-state index contributed by atoms with van der Waals surface area (Å²) in [6, 6.07) is 11.2. The van der Waals surface area contributed by atoms with Gasteiger partial charge in [0.25, 0.3) is 5.91 Å². The number of ether oxygens (including phenoxy) is 1. The Bertz CT molecular complexity index is 1020. The zero-order chi connectivity index (χ0) is 22.0. The summed E-state index contributed by atoms with van der Waals surface area (Å²) < 4.78 is 19.4. The second-order valence-corrected chi connectivity index (χ2v) is 7.73. The quantitative estimate of drug-likeness (QED) is 0.817. The predicted octanol–water partition coefficient (Wildman–Crippen LogP) is 2.60. The molecule has 0 aliphatic carbocycles. The number of rotatable bonds is 4. The molecule has 4 rings (SSSR count). The summed E-state index contributed by atoms with van der Waals surface area (Å²) in [5.41, 5.74) is 1.90. The van der Waals surface area contributed by atoms with Crippen molar-refractivity contribution >= 4 is 29.1 Å². The molecule has 1 unspecified atom stereocenters. The highest BCUT2D eigenvalue weighted by Gasteiger charge is 2.36. The number of benzene rings is 2. The van der Waals surface area contributed by atoms with Gasteiger partial charge in [0, 0.05) is 37.3 Å². The Balaban J connectivity index is 1.47. The highest BCUT2D eigenvalue weighted by Crippen LogP contribution is 2.29. The summed E-state index contributed by atoms with van der Waals surface area (Å²) in [7, 11) is 0. The molecule has 0 bridgehead atoms. The minimum absolute atomic E-state index is 0.00557. The predicted molar refractivity (Wildman–Crippen MR) is 113 cm³/mol. The molecule has 3 amide bonds. The summed E-state index contributed by atoms with van der Waals surface area (Å²) in [5.74, 6) is -1.82. The van der Waals surface area contributed by atoms with E-state index in [2.05, 4.69) is 5.32 Å². The third-order valence-corrected chi connectivity index (χ3v) is 5.76. The number of halogens is 1. The number of para-hydroxylation sites is 1. The topological polar surface area (TPSA) is 79.0 Å². The number of hydrogen-bond acceptors (Lipinski definition) is 4. The van der Waals surface area contributed by atoms with Crippen molar-refractivity contribution in [3.8, 4) is 0 Å². The molecule has 7 nitrogen and oxygen atoms in total. The summed E-state index contributed by atoms with van der Waals surface area (Å²) >= 11 is 0. The number of anilines is 2. The molecular formula is C23H24FN3O4. The lowest BCUT2D eigenvalue weighted by molar-refractivity contribution is -0.122. The van der Waals surface area contributed by atoms with E-state index in [4.69, 9.17) is 4.74 Å². The molecule has 0 saturated carbocycles. The lowest BCUT2D eigenvalue weighted by atomic mass is 10.0. The van der Waals surface area contributed by atoms with Crippen LogP contribution in [0.1, 0.15) is 22.3 Å². The molecule has 1 atom stereocenters. The van der Waals surface area contributed by atoms with E-state index in [9.17, 15) is 18.8 Å². The Labute approximate surface area is 179 Å². The average molecular weight is 425 g/mol. The van der Waals surface area contributed by atoms with Gasteiger partial charge in [0.05, 0.1) is 24.8 Å². The van der Waals surface area contributed by atoms with Crippen LogP contribution in [0.3, 0.4) is 0 Å². The van der Waals surface area contributed by atoms with Gasteiger partial charge < -0.3 is 19.9 Å². The lowest BCUT2D eigenvalue weighted by Crippen LogP contribution is -2.41. The zero-order valence-electron chi connectivity index (χ0n) is 17.3. The molecule has 2 aromatic carbocycles. The van der Waals surface area contributed by atoms with E-state index in [0.717, 1.165) is 0 Å².